The Kier molecular flexibility index (Phi) is 6.34. The number of aromatic hydroxyl groups is 1. The SMILES string of the molecule is Cc1ccc(Cn2c(O)c(N=NC(=O)Cn3cnc4sc(-c5ccccc5)cc4c3=O)c3ccccc32)cc1. The van der Waals surface area contributed by atoms with Gasteiger partial charge < -0.3 is 9.67 Å². The van der Waals surface area contributed by atoms with Crippen molar-refractivity contribution in [3.05, 3.63) is 113 Å². The Morgan fingerprint density at radius 3 is 2.51 bits per heavy atom. The maximum absolute atomic E-state index is 13.1. The van der Waals surface area contributed by atoms with Crippen molar-refractivity contribution in [1.82, 2.24) is 14.1 Å². The van der Waals surface area contributed by atoms with Crippen molar-refractivity contribution in [3.63, 3.8) is 0 Å². The first-order chi connectivity index (χ1) is 19.0. The quantitative estimate of drug-likeness (QED) is 0.249. The Hall–Kier alpha value is -4.89. The van der Waals surface area contributed by atoms with E-state index < -0.39 is 5.91 Å². The van der Waals surface area contributed by atoms with Crippen LogP contribution in [0.4, 0.5) is 5.69 Å². The fraction of sp³-hybridized carbons (Fsp3) is 0.100. The summed E-state index contributed by atoms with van der Waals surface area (Å²) in [5, 5.41) is 20.1. The molecule has 0 bridgehead atoms. The van der Waals surface area contributed by atoms with E-state index in [1.54, 1.807) is 10.6 Å². The average molecular weight is 534 g/mol. The first kappa shape index (κ1) is 24.4. The van der Waals surface area contributed by atoms with Crippen LogP contribution in [0.2, 0.25) is 0 Å². The first-order valence-electron chi connectivity index (χ1n) is 12.3. The summed E-state index contributed by atoms with van der Waals surface area (Å²) in [6, 6.07) is 27.0. The van der Waals surface area contributed by atoms with Gasteiger partial charge in [0.15, 0.2) is 5.69 Å². The second kappa shape index (κ2) is 10.1. The lowest BCUT2D eigenvalue weighted by atomic mass is 10.1. The number of para-hydroxylation sites is 1. The Balaban J connectivity index is 1.27. The van der Waals surface area contributed by atoms with E-state index >= 15 is 0 Å². The number of carbonyl (C=O) groups excluding carboxylic acids is 1. The molecule has 3 aromatic heterocycles. The third-order valence-electron chi connectivity index (χ3n) is 6.52. The first-order valence-corrected chi connectivity index (χ1v) is 13.1. The number of rotatable bonds is 6. The molecule has 0 fully saturated rings. The van der Waals surface area contributed by atoms with Crippen LogP contribution in [-0.2, 0) is 17.9 Å². The summed E-state index contributed by atoms with van der Waals surface area (Å²) >= 11 is 1.42. The van der Waals surface area contributed by atoms with Crippen LogP contribution in [0.5, 0.6) is 5.88 Å². The van der Waals surface area contributed by atoms with Gasteiger partial charge in [-0.25, -0.2) is 4.98 Å². The van der Waals surface area contributed by atoms with Crippen LogP contribution >= 0.6 is 11.3 Å². The highest BCUT2D eigenvalue weighted by Gasteiger charge is 2.18. The second-order valence-corrected chi connectivity index (χ2v) is 10.3. The number of azo groups is 1. The van der Waals surface area contributed by atoms with Crippen molar-refractivity contribution in [1.29, 1.82) is 0 Å². The van der Waals surface area contributed by atoms with Crippen LogP contribution in [0.3, 0.4) is 0 Å². The van der Waals surface area contributed by atoms with E-state index in [1.165, 1.54) is 22.2 Å². The zero-order chi connectivity index (χ0) is 26.9. The molecule has 0 aliphatic heterocycles. The lowest BCUT2D eigenvalue weighted by Gasteiger charge is -2.07. The Bertz CT molecular complexity index is 1920. The Labute approximate surface area is 227 Å². The van der Waals surface area contributed by atoms with Gasteiger partial charge in [-0.1, -0.05) is 78.4 Å². The highest BCUT2D eigenvalue weighted by Crippen LogP contribution is 2.39. The fourth-order valence-electron chi connectivity index (χ4n) is 4.51. The van der Waals surface area contributed by atoms with Gasteiger partial charge in [-0.3, -0.25) is 14.2 Å². The number of hydrogen-bond acceptors (Lipinski definition) is 6. The van der Waals surface area contributed by atoms with Gasteiger partial charge >= 0.3 is 0 Å². The van der Waals surface area contributed by atoms with Crippen molar-refractivity contribution in [3.8, 4) is 16.3 Å². The minimum absolute atomic E-state index is 0.0831. The number of hydrogen-bond donors (Lipinski definition) is 1. The maximum atomic E-state index is 13.1. The Morgan fingerprint density at radius 1 is 0.974 bits per heavy atom. The molecule has 192 valence electrons. The van der Waals surface area contributed by atoms with E-state index in [2.05, 4.69) is 15.2 Å². The molecule has 0 aliphatic rings. The summed E-state index contributed by atoms with van der Waals surface area (Å²) in [7, 11) is 0. The number of aromatic nitrogens is 3. The van der Waals surface area contributed by atoms with Crippen LogP contribution in [0, 0.1) is 6.92 Å². The molecule has 1 amide bonds. The van der Waals surface area contributed by atoms with Crippen molar-refractivity contribution < 1.29 is 9.90 Å². The van der Waals surface area contributed by atoms with Crippen molar-refractivity contribution in [2.24, 2.45) is 10.2 Å². The third kappa shape index (κ3) is 4.75. The van der Waals surface area contributed by atoms with Gasteiger partial charge in [-0.05, 0) is 30.2 Å². The van der Waals surface area contributed by atoms with E-state index in [4.69, 9.17) is 0 Å². The molecule has 8 nitrogen and oxygen atoms in total. The molecule has 0 saturated carbocycles. The molecule has 3 aromatic carbocycles. The molecule has 9 heteroatoms. The van der Waals surface area contributed by atoms with E-state index in [0.29, 0.717) is 22.1 Å². The normalized spacial score (nSPS) is 11.6. The summed E-state index contributed by atoms with van der Waals surface area (Å²) in [5.74, 6) is -0.716. The molecule has 0 atom stereocenters. The van der Waals surface area contributed by atoms with E-state index in [-0.39, 0.29) is 23.7 Å². The molecule has 0 saturated heterocycles. The van der Waals surface area contributed by atoms with Crippen LogP contribution in [0.15, 0.2) is 106 Å². The largest absolute Gasteiger partial charge is 0.493 e. The minimum Gasteiger partial charge on any atom is -0.493 e. The van der Waals surface area contributed by atoms with Gasteiger partial charge in [0, 0.05) is 10.3 Å². The monoisotopic (exact) mass is 533 g/mol. The number of amides is 1. The third-order valence-corrected chi connectivity index (χ3v) is 7.61. The molecule has 3 heterocycles. The summed E-state index contributed by atoms with van der Waals surface area (Å²) in [6.45, 7) is 2.14. The molecular weight excluding hydrogens is 510 g/mol. The fourth-order valence-corrected chi connectivity index (χ4v) is 5.50. The highest BCUT2D eigenvalue weighted by atomic mass is 32.1. The smallest absolute Gasteiger partial charge is 0.284 e. The molecule has 0 unspecified atom stereocenters. The Morgan fingerprint density at radius 2 is 1.72 bits per heavy atom. The number of fused-ring (bicyclic) bond motifs is 2. The molecule has 39 heavy (non-hydrogen) atoms. The summed E-state index contributed by atoms with van der Waals surface area (Å²) < 4.78 is 2.97. The lowest BCUT2D eigenvalue weighted by Crippen LogP contribution is -2.23. The van der Waals surface area contributed by atoms with Gasteiger partial charge in [0.05, 0.1) is 23.8 Å². The number of aryl methyl sites for hydroxylation is 1. The van der Waals surface area contributed by atoms with Crippen LogP contribution in [0.1, 0.15) is 11.1 Å². The van der Waals surface area contributed by atoms with E-state index in [0.717, 1.165) is 27.1 Å². The molecule has 6 aromatic rings. The van der Waals surface area contributed by atoms with Crippen molar-refractivity contribution in [2.45, 2.75) is 20.0 Å². The number of carbonyl (C=O) groups is 1. The van der Waals surface area contributed by atoms with Gasteiger partial charge in [0.25, 0.3) is 11.5 Å². The molecule has 0 radical (unpaired) electrons. The van der Waals surface area contributed by atoms with E-state index in [9.17, 15) is 14.7 Å². The van der Waals surface area contributed by atoms with Gasteiger partial charge in [0.1, 0.15) is 11.4 Å². The molecule has 0 aliphatic carbocycles. The molecular formula is C30H23N5O3S. The number of nitrogens with zero attached hydrogens (tertiary/aromatic N) is 5. The van der Waals surface area contributed by atoms with Crippen LogP contribution < -0.4 is 5.56 Å². The average Bonchev–Trinajstić information content (AvgIpc) is 3.51. The van der Waals surface area contributed by atoms with Gasteiger partial charge in [-0.2, -0.15) is 0 Å². The summed E-state index contributed by atoms with van der Waals surface area (Å²) in [4.78, 5) is 31.7. The molecule has 1 N–H and O–H groups in total. The predicted molar refractivity (Wildman–Crippen MR) is 153 cm³/mol. The predicted octanol–water partition coefficient (Wildman–Crippen LogP) is 6.45. The zero-order valence-corrected chi connectivity index (χ0v) is 21.8. The summed E-state index contributed by atoms with van der Waals surface area (Å²) in [6.07, 6.45) is 1.36. The van der Waals surface area contributed by atoms with Crippen molar-refractivity contribution >= 4 is 44.1 Å². The van der Waals surface area contributed by atoms with Gasteiger partial charge in [-0.15, -0.1) is 21.6 Å². The van der Waals surface area contributed by atoms with E-state index in [1.807, 2.05) is 85.8 Å². The summed E-state index contributed by atoms with van der Waals surface area (Å²) in [5.41, 5.74) is 3.82. The topological polar surface area (TPSA) is 102 Å². The van der Waals surface area contributed by atoms with Crippen LogP contribution in [-0.4, -0.2) is 25.1 Å². The van der Waals surface area contributed by atoms with Crippen molar-refractivity contribution in [2.75, 3.05) is 0 Å². The molecule has 0 spiro atoms. The maximum Gasteiger partial charge on any atom is 0.284 e. The molecule has 6 rings (SSSR count). The number of benzene rings is 3. The highest BCUT2D eigenvalue weighted by molar-refractivity contribution is 7.21. The zero-order valence-electron chi connectivity index (χ0n) is 21.0. The number of thiophene rings is 1. The van der Waals surface area contributed by atoms with Gasteiger partial charge in [0.2, 0.25) is 5.88 Å². The lowest BCUT2D eigenvalue weighted by molar-refractivity contribution is -0.118. The van der Waals surface area contributed by atoms with Crippen LogP contribution in [0.25, 0.3) is 31.6 Å². The minimum atomic E-state index is -0.633. The standard InChI is InChI=1S/C30H23N5O3S/c1-19-11-13-20(14-12-19)16-35-24-10-6-5-9-22(24)27(30(35)38)33-32-26(36)17-34-18-31-28-23(29(34)37)15-25(39-28)21-7-3-2-4-8-21/h2-15,18,38H,16-17H2,1H3. The second-order valence-electron chi connectivity index (χ2n) is 9.23.